The van der Waals surface area contributed by atoms with E-state index >= 15 is 0 Å². The maximum Gasteiger partial charge on any atom is 0.343 e. The number of ether oxygens (including phenoxy) is 3. The largest absolute Gasteiger partial charge is 0.489 e. The number of carbonyl (C=O) groups excluding carboxylic acids is 1. The van der Waals surface area contributed by atoms with Crippen molar-refractivity contribution in [3.63, 3.8) is 0 Å². The Morgan fingerprint density at radius 1 is 0.921 bits per heavy atom. The summed E-state index contributed by atoms with van der Waals surface area (Å²) in [7, 11) is 0. The van der Waals surface area contributed by atoms with Crippen LogP contribution in [0.2, 0.25) is 10.0 Å². The first-order valence-corrected chi connectivity index (χ1v) is 12.3. The predicted molar refractivity (Wildman–Crippen MR) is 144 cm³/mol. The van der Waals surface area contributed by atoms with Crippen molar-refractivity contribution in [1.29, 1.82) is 5.26 Å². The molecule has 0 saturated heterocycles. The van der Waals surface area contributed by atoms with Gasteiger partial charge in [0, 0.05) is 21.7 Å². The van der Waals surface area contributed by atoms with Crippen LogP contribution >= 0.6 is 23.2 Å². The van der Waals surface area contributed by atoms with Crippen molar-refractivity contribution in [3.05, 3.63) is 135 Å². The highest BCUT2D eigenvalue weighted by Gasteiger charge is 2.31. The van der Waals surface area contributed by atoms with Crippen LogP contribution in [0.15, 0.2) is 102 Å². The van der Waals surface area contributed by atoms with Gasteiger partial charge in [-0.15, -0.1) is 0 Å². The molecule has 1 atom stereocenters. The summed E-state index contributed by atoms with van der Waals surface area (Å²) in [6.45, 7) is 0.357. The summed E-state index contributed by atoms with van der Waals surface area (Å²) in [5, 5.41) is 11.0. The predicted octanol–water partition coefficient (Wildman–Crippen LogP) is 7.01. The quantitative estimate of drug-likeness (QED) is 0.208. The molecule has 0 saturated carbocycles. The van der Waals surface area contributed by atoms with Crippen molar-refractivity contribution >= 4 is 29.2 Å². The van der Waals surface area contributed by atoms with Crippen LogP contribution in [-0.2, 0) is 6.61 Å². The average molecular weight is 543 g/mol. The average Bonchev–Trinajstić information content (AvgIpc) is 2.92. The Balaban J connectivity index is 1.42. The zero-order valence-corrected chi connectivity index (χ0v) is 21.4. The van der Waals surface area contributed by atoms with E-state index < -0.39 is 11.9 Å². The summed E-state index contributed by atoms with van der Waals surface area (Å²) in [4.78, 5) is 12.6. The van der Waals surface area contributed by atoms with E-state index in [2.05, 4.69) is 6.07 Å². The molecule has 1 unspecified atom stereocenters. The van der Waals surface area contributed by atoms with Gasteiger partial charge in [-0.2, -0.15) is 5.26 Å². The summed E-state index contributed by atoms with van der Waals surface area (Å²) < 4.78 is 17.3. The second-order valence-electron chi connectivity index (χ2n) is 8.51. The first-order valence-electron chi connectivity index (χ1n) is 11.6. The molecule has 4 aromatic carbocycles. The molecule has 38 heavy (non-hydrogen) atoms. The van der Waals surface area contributed by atoms with E-state index in [4.69, 9.17) is 43.1 Å². The van der Waals surface area contributed by atoms with E-state index in [-0.39, 0.29) is 17.2 Å². The Morgan fingerprint density at radius 3 is 2.47 bits per heavy atom. The molecule has 1 heterocycles. The fourth-order valence-electron chi connectivity index (χ4n) is 4.15. The van der Waals surface area contributed by atoms with Gasteiger partial charge in [0.15, 0.2) is 0 Å². The number of halogens is 2. The highest BCUT2D eigenvalue weighted by Crippen LogP contribution is 2.44. The van der Waals surface area contributed by atoms with Crippen LogP contribution in [0.25, 0.3) is 0 Å². The summed E-state index contributed by atoms with van der Waals surface area (Å²) in [6.07, 6.45) is 0. The van der Waals surface area contributed by atoms with Crippen LogP contribution in [0.1, 0.15) is 33.0 Å². The first kappa shape index (κ1) is 25.2. The van der Waals surface area contributed by atoms with Gasteiger partial charge in [0.1, 0.15) is 35.5 Å². The fraction of sp³-hybridized carbons (Fsp3) is 0.0667. The molecule has 0 radical (unpaired) electrons. The number of nitrogens with zero attached hydrogens (tertiary/aromatic N) is 1. The molecule has 0 fully saturated rings. The van der Waals surface area contributed by atoms with Gasteiger partial charge in [-0.3, -0.25) is 0 Å². The molecule has 6 nitrogen and oxygen atoms in total. The summed E-state index contributed by atoms with van der Waals surface area (Å²) in [5.74, 6) is 0.201. The number of benzene rings is 4. The zero-order chi connectivity index (χ0) is 26.6. The van der Waals surface area contributed by atoms with Gasteiger partial charge in [-0.1, -0.05) is 59.6 Å². The van der Waals surface area contributed by atoms with Gasteiger partial charge in [-0.25, -0.2) is 4.79 Å². The Labute approximate surface area is 229 Å². The summed E-state index contributed by atoms with van der Waals surface area (Å²) in [5.41, 5.74) is 9.21. The van der Waals surface area contributed by atoms with Crippen molar-refractivity contribution < 1.29 is 19.0 Å². The zero-order valence-electron chi connectivity index (χ0n) is 19.9. The van der Waals surface area contributed by atoms with Crippen molar-refractivity contribution in [2.24, 2.45) is 5.73 Å². The third-order valence-electron chi connectivity index (χ3n) is 5.97. The monoisotopic (exact) mass is 542 g/mol. The number of allylic oxidation sites excluding steroid dienone is 1. The van der Waals surface area contributed by atoms with Crippen LogP contribution in [-0.4, -0.2) is 5.97 Å². The van der Waals surface area contributed by atoms with Crippen molar-refractivity contribution in [3.8, 4) is 23.3 Å². The minimum absolute atomic E-state index is 0.0178. The Morgan fingerprint density at radius 2 is 1.71 bits per heavy atom. The molecule has 4 aromatic rings. The van der Waals surface area contributed by atoms with Crippen molar-refractivity contribution in [2.75, 3.05) is 0 Å². The van der Waals surface area contributed by atoms with E-state index in [1.807, 2.05) is 48.5 Å². The molecule has 0 spiro atoms. The van der Waals surface area contributed by atoms with Crippen LogP contribution in [0.3, 0.4) is 0 Å². The second kappa shape index (κ2) is 10.9. The van der Waals surface area contributed by atoms with Gasteiger partial charge in [0.25, 0.3) is 0 Å². The molecular formula is C30H20Cl2N2O4. The van der Waals surface area contributed by atoms with E-state index in [0.717, 1.165) is 11.1 Å². The highest BCUT2D eigenvalue weighted by molar-refractivity contribution is 6.31. The Bertz CT molecular complexity index is 1590. The standard InChI is InChI=1S/C30H20Cl2N2O4/c31-21-9-7-18(8-10-21)17-36-23-6-2-3-19(14-23)28-25-12-11-24(15-27(25)38-29(34)26(28)16-33)37-30(35)20-4-1-5-22(32)13-20/h1-15,28H,17,34H2. The van der Waals surface area contributed by atoms with E-state index in [1.165, 1.54) is 6.07 Å². The molecule has 1 aliphatic rings. The molecule has 0 amide bonds. The van der Waals surface area contributed by atoms with Gasteiger partial charge < -0.3 is 19.9 Å². The lowest BCUT2D eigenvalue weighted by atomic mass is 9.83. The van der Waals surface area contributed by atoms with E-state index in [9.17, 15) is 10.1 Å². The molecule has 0 aromatic heterocycles. The number of nitrogens with two attached hydrogens (primary N) is 1. The lowest BCUT2D eigenvalue weighted by Crippen LogP contribution is -2.21. The summed E-state index contributed by atoms with van der Waals surface area (Å²) in [6, 6.07) is 28.5. The van der Waals surface area contributed by atoms with Gasteiger partial charge in [-0.05, 0) is 59.7 Å². The lowest BCUT2D eigenvalue weighted by Gasteiger charge is -2.27. The van der Waals surface area contributed by atoms with Crippen LogP contribution < -0.4 is 19.9 Å². The number of carbonyl (C=O) groups is 1. The number of hydrogen-bond acceptors (Lipinski definition) is 6. The number of fused-ring (bicyclic) bond motifs is 1. The highest BCUT2D eigenvalue weighted by atomic mass is 35.5. The minimum atomic E-state index is -0.563. The smallest absolute Gasteiger partial charge is 0.343 e. The first-order chi connectivity index (χ1) is 18.4. The topological polar surface area (TPSA) is 94.6 Å². The van der Waals surface area contributed by atoms with Crippen LogP contribution in [0.4, 0.5) is 0 Å². The molecule has 0 aliphatic carbocycles. The SMILES string of the molecule is N#CC1=C(N)Oc2cc(OC(=O)c3cccc(Cl)c3)ccc2C1c1cccc(OCc2ccc(Cl)cc2)c1. The van der Waals surface area contributed by atoms with Gasteiger partial charge >= 0.3 is 5.97 Å². The fourth-order valence-corrected chi connectivity index (χ4v) is 4.47. The number of hydrogen-bond donors (Lipinski definition) is 1. The number of rotatable bonds is 6. The summed E-state index contributed by atoms with van der Waals surface area (Å²) >= 11 is 11.9. The Hall–Kier alpha value is -4.44. The van der Waals surface area contributed by atoms with E-state index in [0.29, 0.717) is 39.3 Å². The minimum Gasteiger partial charge on any atom is -0.489 e. The normalized spacial score (nSPS) is 14.2. The molecule has 1 aliphatic heterocycles. The maximum absolute atomic E-state index is 12.6. The molecule has 8 heteroatoms. The van der Waals surface area contributed by atoms with Crippen LogP contribution in [0, 0.1) is 11.3 Å². The number of nitriles is 1. The van der Waals surface area contributed by atoms with Gasteiger partial charge in [0.05, 0.1) is 11.5 Å². The molecule has 5 rings (SSSR count). The third-order valence-corrected chi connectivity index (χ3v) is 6.46. The third kappa shape index (κ3) is 5.45. The lowest BCUT2D eigenvalue weighted by molar-refractivity contribution is 0.0734. The van der Waals surface area contributed by atoms with Crippen LogP contribution in [0.5, 0.6) is 17.2 Å². The molecular weight excluding hydrogens is 523 g/mol. The molecule has 2 N–H and O–H groups in total. The van der Waals surface area contributed by atoms with E-state index in [1.54, 1.807) is 36.4 Å². The van der Waals surface area contributed by atoms with Crippen molar-refractivity contribution in [2.45, 2.75) is 12.5 Å². The second-order valence-corrected chi connectivity index (χ2v) is 9.38. The maximum atomic E-state index is 12.6. The Kier molecular flexibility index (Phi) is 7.23. The number of esters is 1. The molecule has 0 bridgehead atoms. The molecule has 188 valence electrons. The van der Waals surface area contributed by atoms with Crippen molar-refractivity contribution in [1.82, 2.24) is 0 Å². The van der Waals surface area contributed by atoms with Gasteiger partial charge in [0.2, 0.25) is 5.88 Å².